The van der Waals surface area contributed by atoms with E-state index in [0.29, 0.717) is 0 Å². The van der Waals surface area contributed by atoms with Gasteiger partial charge in [0.25, 0.3) is 0 Å². The molecule has 0 saturated carbocycles. The van der Waals surface area contributed by atoms with Crippen molar-refractivity contribution in [2.45, 2.75) is 6.92 Å². The summed E-state index contributed by atoms with van der Waals surface area (Å²) in [5.41, 5.74) is 0. The van der Waals surface area contributed by atoms with E-state index in [0.717, 1.165) is 0 Å². The molecule has 0 aromatic heterocycles. The SMILES string of the molecule is [CH2-]C(C)=O.[U].[V]. The van der Waals surface area contributed by atoms with Crippen LogP contribution in [0.25, 0.3) is 0 Å². The van der Waals surface area contributed by atoms with Gasteiger partial charge in [0.15, 0.2) is 0 Å². The van der Waals surface area contributed by atoms with Crippen molar-refractivity contribution in [3.63, 3.8) is 0 Å². The second-order valence-corrected chi connectivity index (χ2v) is 0.702. The van der Waals surface area contributed by atoms with Gasteiger partial charge in [0.1, 0.15) is 0 Å². The maximum atomic E-state index is 9.33. The van der Waals surface area contributed by atoms with Crippen molar-refractivity contribution in [3.05, 3.63) is 6.92 Å². The van der Waals surface area contributed by atoms with Gasteiger partial charge in [-0.15, -0.1) is 0 Å². The molecule has 0 aliphatic carbocycles. The number of ketones is 1. The summed E-state index contributed by atoms with van der Waals surface area (Å²) in [6.45, 7) is 4.42. The molecule has 0 saturated heterocycles. The molecule has 33 valence electrons. The summed E-state index contributed by atoms with van der Waals surface area (Å²) in [6.07, 6.45) is 0. The van der Waals surface area contributed by atoms with Crippen LogP contribution in [-0.4, -0.2) is 5.78 Å². The molecule has 0 rings (SSSR count). The molecule has 3 heteroatoms. The molecule has 0 bridgehead atoms. The average molecular weight is 346 g/mol. The smallest absolute Gasteiger partial charge is 0 e. The van der Waals surface area contributed by atoms with Gasteiger partial charge in [0.05, 0.1) is 0 Å². The van der Waals surface area contributed by atoms with E-state index >= 15 is 0 Å². The molecule has 0 aliphatic heterocycles. The van der Waals surface area contributed by atoms with Gasteiger partial charge < -0.3 is 11.7 Å². The third-order valence-electron chi connectivity index (χ3n) is 0. The van der Waals surface area contributed by atoms with Crippen LogP contribution in [0.15, 0.2) is 0 Å². The molecule has 1 radical (unpaired) electrons. The molecular formula is C3H5OUV-. The monoisotopic (exact) mass is 346 g/mol. The van der Waals surface area contributed by atoms with Gasteiger partial charge in [-0.05, 0) is 12.7 Å². The van der Waals surface area contributed by atoms with Gasteiger partial charge in [0.2, 0.25) is 0 Å². The Morgan fingerprint density at radius 2 is 1.67 bits per heavy atom. The van der Waals surface area contributed by atoms with Crippen LogP contribution >= 0.6 is 0 Å². The Morgan fingerprint density at radius 3 is 1.67 bits per heavy atom. The van der Waals surface area contributed by atoms with Crippen molar-refractivity contribution in [2.75, 3.05) is 0 Å². The molecule has 0 atom stereocenters. The third-order valence-corrected chi connectivity index (χ3v) is 0. The maximum Gasteiger partial charge on any atom is 0 e. The van der Waals surface area contributed by atoms with Gasteiger partial charge in [-0.3, -0.25) is 0 Å². The number of hydrogen-bond donors (Lipinski definition) is 0. The number of rotatable bonds is 0. The van der Waals surface area contributed by atoms with Gasteiger partial charge in [0, 0.05) is 49.7 Å². The molecule has 0 heterocycles. The zero-order valence-corrected chi connectivity index (χ0v) is 9.12. The molecule has 0 aromatic rings. The summed E-state index contributed by atoms with van der Waals surface area (Å²) in [4.78, 5) is 9.33. The Hall–Kier alpha value is 1.18. The quantitative estimate of drug-likeness (QED) is 0.581. The molecule has 0 fully saturated rings. The molecule has 0 aromatic carbocycles. The molecular weight excluding hydrogens is 341 g/mol. The third kappa shape index (κ3) is 65.2. The van der Waals surface area contributed by atoms with Crippen LogP contribution in [0.3, 0.4) is 0 Å². The fourth-order valence-corrected chi connectivity index (χ4v) is 0. The zero-order valence-electron chi connectivity index (χ0n) is 3.56. The fraction of sp³-hybridized carbons (Fsp3) is 0.333. The van der Waals surface area contributed by atoms with Crippen molar-refractivity contribution in [1.82, 2.24) is 0 Å². The Labute approximate surface area is 73.5 Å². The van der Waals surface area contributed by atoms with Gasteiger partial charge >= 0.3 is 0 Å². The first-order chi connectivity index (χ1) is 1.73. The van der Waals surface area contributed by atoms with E-state index in [-0.39, 0.29) is 55.5 Å². The summed E-state index contributed by atoms with van der Waals surface area (Å²) >= 11 is 0. The van der Waals surface area contributed by atoms with Crippen LogP contribution in [0.1, 0.15) is 6.92 Å². The second-order valence-electron chi connectivity index (χ2n) is 0.702. The van der Waals surface area contributed by atoms with Gasteiger partial charge in [-0.25, -0.2) is 0 Å². The van der Waals surface area contributed by atoms with Crippen molar-refractivity contribution < 1.29 is 54.5 Å². The largest absolute Gasteiger partial charge is 0.340 e. The fourth-order valence-electron chi connectivity index (χ4n) is 0. The van der Waals surface area contributed by atoms with E-state index in [2.05, 4.69) is 6.92 Å². The van der Waals surface area contributed by atoms with E-state index in [1.54, 1.807) is 0 Å². The molecule has 1 nitrogen and oxygen atoms in total. The predicted octanol–water partition coefficient (Wildman–Crippen LogP) is 0.407. The van der Waals surface area contributed by atoms with E-state index < -0.39 is 0 Å². The molecule has 0 N–H and O–H groups in total. The van der Waals surface area contributed by atoms with Gasteiger partial charge in [-0.1, -0.05) is 0 Å². The predicted molar refractivity (Wildman–Crippen MR) is 16.0 cm³/mol. The van der Waals surface area contributed by atoms with E-state index in [1.165, 1.54) is 6.92 Å². The van der Waals surface area contributed by atoms with Crippen LogP contribution in [-0.2, 0) is 23.4 Å². The van der Waals surface area contributed by atoms with Crippen molar-refractivity contribution in [1.29, 1.82) is 0 Å². The maximum absolute atomic E-state index is 9.33. The van der Waals surface area contributed by atoms with Crippen LogP contribution in [0, 0.1) is 38.0 Å². The summed E-state index contributed by atoms with van der Waals surface area (Å²) in [7, 11) is 0. The Balaban J connectivity index is -0.0000000450. The van der Waals surface area contributed by atoms with Crippen molar-refractivity contribution >= 4 is 5.78 Å². The van der Waals surface area contributed by atoms with E-state index in [1.807, 2.05) is 0 Å². The number of carbonyl (C=O) groups excluding carboxylic acids is 1. The van der Waals surface area contributed by atoms with Crippen molar-refractivity contribution in [3.8, 4) is 0 Å². The van der Waals surface area contributed by atoms with Crippen LogP contribution in [0.2, 0.25) is 0 Å². The first kappa shape index (κ1) is 15.7. The van der Waals surface area contributed by atoms with Crippen LogP contribution < -0.4 is 0 Å². The Bertz CT molecular complexity index is 33.8. The minimum atomic E-state index is -0.0833. The summed E-state index contributed by atoms with van der Waals surface area (Å²) in [5.74, 6) is -0.0833. The number of carbonyl (C=O) groups is 1. The van der Waals surface area contributed by atoms with Crippen LogP contribution in [0.5, 0.6) is 0 Å². The summed E-state index contributed by atoms with van der Waals surface area (Å²) < 4.78 is 0. The van der Waals surface area contributed by atoms with E-state index in [9.17, 15) is 4.79 Å². The minimum absolute atomic E-state index is 0. The van der Waals surface area contributed by atoms with E-state index in [4.69, 9.17) is 0 Å². The summed E-state index contributed by atoms with van der Waals surface area (Å²) in [5, 5.41) is 0. The first-order valence-electron chi connectivity index (χ1n) is 1.06. The first-order valence-corrected chi connectivity index (χ1v) is 1.06. The molecule has 0 spiro atoms. The molecule has 6 heavy (non-hydrogen) atoms. The Morgan fingerprint density at radius 1 is 1.67 bits per heavy atom. The second kappa shape index (κ2) is 9.49. The Kier molecular flexibility index (Phi) is 24.8. The summed E-state index contributed by atoms with van der Waals surface area (Å²) in [6, 6.07) is 0. The average Bonchev–Trinajstić information content (AvgIpc) is 0.811. The van der Waals surface area contributed by atoms with Crippen molar-refractivity contribution in [2.24, 2.45) is 0 Å². The zero-order chi connectivity index (χ0) is 3.58. The van der Waals surface area contributed by atoms with Crippen LogP contribution in [0.4, 0.5) is 0 Å². The topological polar surface area (TPSA) is 17.1 Å². The normalized spacial score (nSPS) is 4.17. The molecule has 0 amide bonds. The molecule has 0 unspecified atom stereocenters. The standard InChI is InChI=1S/C3H5O.U.V/c1-3(2)4;;/h1H2,2H3;;/q-1;;. The van der Waals surface area contributed by atoms with Gasteiger partial charge in [-0.2, -0.15) is 0 Å². The number of hydrogen-bond acceptors (Lipinski definition) is 1. The minimum Gasteiger partial charge on any atom is -0.340 e. The number of Topliss-reactive ketones (excluding diaryl/α,β-unsaturated/α-hetero) is 1. The molecule has 0 aliphatic rings.